The third-order valence-electron chi connectivity index (χ3n) is 1.77. The Morgan fingerprint density at radius 3 is 2.20 bits per heavy atom. The van der Waals surface area contributed by atoms with Crippen LogP contribution in [0.1, 0.15) is 27.7 Å². The fourth-order valence-corrected chi connectivity index (χ4v) is 1.32. The molecule has 0 unspecified atom stereocenters. The molecule has 0 aliphatic carbocycles. The highest BCUT2D eigenvalue weighted by Gasteiger charge is 2.39. The van der Waals surface area contributed by atoms with E-state index in [1.807, 2.05) is 13.8 Å². The van der Waals surface area contributed by atoms with Gasteiger partial charge in [0, 0.05) is 0 Å². The SMILES string of the molecule is CC(C)[C@H]1ONOC1(C)C. The number of hydrogen-bond acceptors (Lipinski definition) is 3. The Bertz CT molecular complexity index is 123. The first-order chi connectivity index (χ1) is 4.54. The van der Waals surface area contributed by atoms with Crippen LogP contribution in [0.4, 0.5) is 0 Å². The first-order valence-electron chi connectivity index (χ1n) is 3.62. The van der Waals surface area contributed by atoms with E-state index in [4.69, 9.17) is 9.68 Å². The molecule has 1 aliphatic heterocycles. The maximum absolute atomic E-state index is 5.16. The van der Waals surface area contributed by atoms with E-state index >= 15 is 0 Å². The molecule has 3 nitrogen and oxygen atoms in total. The van der Waals surface area contributed by atoms with Crippen molar-refractivity contribution in [3.05, 3.63) is 0 Å². The quantitative estimate of drug-likeness (QED) is 0.602. The van der Waals surface area contributed by atoms with Gasteiger partial charge in [-0.05, 0) is 19.8 Å². The van der Waals surface area contributed by atoms with Crippen molar-refractivity contribution in [2.75, 3.05) is 0 Å². The van der Waals surface area contributed by atoms with Gasteiger partial charge in [0.05, 0.1) is 0 Å². The van der Waals surface area contributed by atoms with E-state index in [1.54, 1.807) is 0 Å². The van der Waals surface area contributed by atoms with E-state index in [9.17, 15) is 0 Å². The van der Waals surface area contributed by atoms with Crippen molar-refractivity contribution in [1.29, 1.82) is 0 Å². The summed E-state index contributed by atoms with van der Waals surface area (Å²) in [5, 5.41) is 0. The third kappa shape index (κ3) is 1.31. The minimum absolute atomic E-state index is 0.146. The van der Waals surface area contributed by atoms with Gasteiger partial charge in [-0.1, -0.05) is 19.5 Å². The molecule has 0 radical (unpaired) electrons. The molecule has 0 saturated carbocycles. The Morgan fingerprint density at radius 1 is 1.40 bits per heavy atom. The van der Waals surface area contributed by atoms with Crippen LogP contribution >= 0.6 is 0 Å². The Kier molecular flexibility index (Phi) is 1.99. The molecule has 0 aromatic heterocycles. The Hall–Kier alpha value is -0.120. The lowest BCUT2D eigenvalue weighted by Gasteiger charge is -2.23. The summed E-state index contributed by atoms with van der Waals surface area (Å²) in [6.45, 7) is 8.25. The van der Waals surface area contributed by atoms with E-state index in [0.717, 1.165) is 0 Å². The molecule has 3 heteroatoms. The fourth-order valence-electron chi connectivity index (χ4n) is 1.32. The van der Waals surface area contributed by atoms with Crippen molar-refractivity contribution < 1.29 is 9.68 Å². The van der Waals surface area contributed by atoms with Crippen LogP contribution in [0.2, 0.25) is 0 Å². The van der Waals surface area contributed by atoms with Crippen molar-refractivity contribution >= 4 is 0 Å². The second-order valence-corrected chi connectivity index (χ2v) is 3.57. The Balaban J connectivity index is 2.59. The highest BCUT2D eigenvalue weighted by atomic mass is 17.0. The van der Waals surface area contributed by atoms with E-state index in [-0.39, 0.29) is 11.7 Å². The standard InChI is InChI=1S/C7H15NO2/c1-5(2)6-7(3,4)10-8-9-6/h5-6,8H,1-4H3/t6-/m1/s1. The van der Waals surface area contributed by atoms with Crippen LogP contribution in [0, 0.1) is 5.92 Å². The summed E-state index contributed by atoms with van der Waals surface area (Å²) in [7, 11) is 0. The van der Waals surface area contributed by atoms with Gasteiger partial charge in [-0.3, -0.25) is 9.68 Å². The van der Waals surface area contributed by atoms with Crippen LogP contribution in [0.5, 0.6) is 0 Å². The smallest absolute Gasteiger partial charge is 0.115 e. The number of nitrogens with one attached hydrogen (secondary N) is 1. The summed E-state index contributed by atoms with van der Waals surface area (Å²) in [5.74, 6) is 0.477. The highest BCUT2D eigenvalue weighted by molar-refractivity contribution is 4.83. The van der Waals surface area contributed by atoms with Gasteiger partial charge in [-0.15, -0.1) is 0 Å². The van der Waals surface area contributed by atoms with Crippen molar-refractivity contribution in [3.8, 4) is 0 Å². The van der Waals surface area contributed by atoms with Gasteiger partial charge < -0.3 is 0 Å². The summed E-state index contributed by atoms with van der Waals surface area (Å²) in [5.41, 5.74) is 2.24. The lowest BCUT2D eigenvalue weighted by Crippen LogP contribution is -2.36. The predicted octanol–water partition coefficient (Wildman–Crippen LogP) is 1.26. The molecule has 0 amide bonds. The van der Waals surface area contributed by atoms with E-state index in [0.29, 0.717) is 5.92 Å². The summed E-state index contributed by atoms with van der Waals surface area (Å²) in [6, 6.07) is 0. The van der Waals surface area contributed by atoms with Crippen LogP contribution in [0.25, 0.3) is 0 Å². The first-order valence-corrected chi connectivity index (χ1v) is 3.62. The molecule has 1 N–H and O–H groups in total. The van der Waals surface area contributed by atoms with Crippen molar-refractivity contribution in [2.24, 2.45) is 5.92 Å². The summed E-state index contributed by atoms with van der Waals surface area (Å²) in [4.78, 5) is 10.3. The predicted molar refractivity (Wildman–Crippen MR) is 38.0 cm³/mol. The zero-order chi connectivity index (χ0) is 7.78. The van der Waals surface area contributed by atoms with Crippen LogP contribution in [0.15, 0.2) is 0 Å². The highest BCUT2D eigenvalue weighted by Crippen LogP contribution is 2.26. The summed E-state index contributed by atoms with van der Waals surface area (Å²) >= 11 is 0. The molecule has 0 aromatic carbocycles. The number of hydrogen-bond donors (Lipinski definition) is 1. The normalized spacial score (nSPS) is 31.5. The first kappa shape index (κ1) is 7.98. The minimum atomic E-state index is -0.200. The fraction of sp³-hybridized carbons (Fsp3) is 1.00. The van der Waals surface area contributed by atoms with Crippen LogP contribution in [-0.2, 0) is 9.68 Å². The summed E-state index contributed by atoms with van der Waals surface area (Å²) in [6.07, 6.45) is 0.146. The Labute approximate surface area is 61.6 Å². The molecular formula is C7H15NO2. The molecule has 1 rings (SSSR count). The van der Waals surface area contributed by atoms with Crippen LogP contribution < -0.4 is 5.64 Å². The molecule has 1 heterocycles. The van der Waals surface area contributed by atoms with Crippen LogP contribution in [0.3, 0.4) is 0 Å². The molecule has 1 aliphatic rings. The van der Waals surface area contributed by atoms with Gasteiger partial charge in [-0.2, -0.15) is 0 Å². The molecule has 1 fully saturated rings. The monoisotopic (exact) mass is 145 g/mol. The maximum atomic E-state index is 5.16. The molecule has 0 bridgehead atoms. The lowest BCUT2D eigenvalue weighted by atomic mass is 9.93. The van der Waals surface area contributed by atoms with Crippen LogP contribution in [-0.4, -0.2) is 11.7 Å². The second-order valence-electron chi connectivity index (χ2n) is 3.57. The van der Waals surface area contributed by atoms with Crippen molar-refractivity contribution in [2.45, 2.75) is 39.4 Å². The molecule has 0 aromatic rings. The molecular weight excluding hydrogens is 130 g/mol. The zero-order valence-corrected chi connectivity index (χ0v) is 6.97. The zero-order valence-electron chi connectivity index (χ0n) is 6.97. The lowest BCUT2D eigenvalue weighted by molar-refractivity contribution is -0.108. The molecule has 0 spiro atoms. The van der Waals surface area contributed by atoms with Gasteiger partial charge in [0.15, 0.2) is 0 Å². The Morgan fingerprint density at radius 2 is 2.00 bits per heavy atom. The molecule has 1 saturated heterocycles. The van der Waals surface area contributed by atoms with E-state index < -0.39 is 0 Å². The van der Waals surface area contributed by atoms with Gasteiger partial charge in [-0.25, -0.2) is 0 Å². The minimum Gasteiger partial charge on any atom is -0.270 e. The van der Waals surface area contributed by atoms with E-state index in [1.165, 1.54) is 0 Å². The number of rotatable bonds is 1. The van der Waals surface area contributed by atoms with E-state index in [2.05, 4.69) is 19.5 Å². The second kappa shape index (κ2) is 2.49. The average Bonchev–Trinajstić information content (AvgIpc) is 2.08. The molecule has 60 valence electrons. The van der Waals surface area contributed by atoms with Crippen molar-refractivity contribution in [3.63, 3.8) is 0 Å². The van der Waals surface area contributed by atoms with Gasteiger partial charge >= 0.3 is 0 Å². The summed E-state index contributed by atoms with van der Waals surface area (Å²) < 4.78 is 0. The molecule has 1 atom stereocenters. The third-order valence-corrected chi connectivity index (χ3v) is 1.77. The van der Waals surface area contributed by atoms with Gasteiger partial charge in [0.1, 0.15) is 11.7 Å². The van der Waals surface area contributed by atoms with Gasteiger partial charge in [0.25, 0.3) is 0 Å². The maximum Gasteiger partial charge on any atom is 0.115 e. The topological polar surface area (TPSA) is 30.5 Å². The largest absolute Gasteiger partial charge is 0.270 e. The average molecular weight is 145 g/mol. The molecule has 10 heavy (non-hydrogen) atoms. The van der Waals surface area contributed by atoms with Crippen molar-refractivity contribution in [1.82, 2.24) is 5.64 Å². The van der Waals surface area contributed by atoms with Gasteiger partial charge in [0.2, 0.25) is 0 Å².